The van der Waals surface area contributed by atoms with E-state index in [4.69, 9.17) is 23.2 Å². The standard InChI is InChI=1S/C33H40Cl2N2O2/c1-6-23(2)36-32(39)30(21-25-10-8-7-9-11-25)37(22-26-14-18-28(34)29(35)20-26)31(38)19-15-24-12-16-27(17-13-24)33(3,4)5/h7-14,16-18,20,23,30H,6,15,19,21-22H2,1-5H3,(H,36,39)/t23-,30+/m1/s1. The summed E-state index contributed by atoms with van der Waals surface area (Å²) >= 11 is 12.5. The number of rotatable bonds is 11. The van der Waals surface area contributed by atoms with Gasteiger partial charge >= 0.3 is 0 Å². The fourth-order valence-corrected chi connectivity index (χ4v) is 4.72. The second kappa shape index (κ2) is 14.0. The monoisotopic (exact) mass is 566 g/mol. The molecule has 0 saturated carbocycles. The van der Waals surface area contributed by atoms with E-state index in [1.807, 2.05) is 50.2 Å². The van der Waals surface area contributed by atoms with Crippen molar-refractivity contribution in [1.82, 2.24) is 10.2 Å². The highest BCUT2D eigenvalue weighted by molar-refractivity contribution is 6.42. The Morgan fingerprint density at radius 2 is 1.51 bits per heavy atom. The van der Waals surface area contributed by atoms with Crippen LogP contribution in [0.4, 0.5) is 0 Å². The zero-order valence-electron chi connectivity index (χ0n) is 23.6. The molecule has 0 unspecified atom stereocenters. The maximum Gasteiger partial charge on any atom is 0.243 e. The molecule has 0 radical (unpaired) electrons. The van der Waals surface area contributed by atoms with Gasteiger partial charge in [-0.25, -0.2) is 0 Å². The molecular formula is C33H40Cl2N2O2. The molecule has 0 aliphatic carbocycles. The maximum absolute atomic E-state index is 13.9. The van der Waals surface area contributed by atoms with Gasteiger partial charge in [0.25, 0.3) is 0 Å². The van der Waals surface area contributed by atoms with Crippen molar-refractivity contribution >= 4 is 35.0 Å². The van der Waals surface area contributed by atoms with Crippen LogP contribution in [0.25, 0.3) is 0 Å². The van der Waals surface area contributed by atoms with Gasteiger partial charge in [0.2, 0.25) is 11.8 Å². The molecule has 0 spiro atoms. The van der Waals surface area contributed by atoms with Crippen molar-refractivity contribution in [2.24, 2.45) is 0 Å². The first-order valence-electron chi connectivity index (χ1n) is 13.6. The van der Waals surface area contributed by atoms with E-state index < -0.39 is 6.04 Å². The SMILES string of the molecule is CC[C@@H](C)NC(=O)[C@H](Cc1ccccc1)N(Cc1ccc(Cl)c(Cl)c1)C(=O)CCc1ccc(C(C)(C)C)cc1. The average molecular weight is 568 g/mol. The van der Waals surface area contributed by atoms with E-state index in [1.54, 1.807) is 17.0 Å². The minimum Gasteiger partial charge on any atom is -0.352 e. The largest absolute Gasteiger partial charge is 0.352 e. The predicted octanol–water partition coefficient (Wildman–Crippen LogP) is 7.78. The Morgan fingerprint density at radius 3 is 2.10 bits per heavy atom. The summed E-state index contributed by atoms with van der Waals surface area (Å²) in [6.45, 7) is 10.8. The van der Waals surface area contributed by atoms with Crippen LogP contribution in [0.3, 0.4) is 0 Å². The molecule has 39 heavy (non-hydrogen) atoms. The van der Waals surface area contributed by atoms with E-state index in [1.165, 1.54) is 5.56 Å². The van der Waals surface area contributed by atoms with Gasteiger partial charge in [0.15, 0.2) is 0 Å². The first kappa shape index (κ1) is 30.7. The van der Waals surface area contributed by atoms with E-state index in [0.717, 1.165) is 23.1 Å². The summed E-state index contributed by atoms with van der Waals surface area (Å²) in [5.41, 5.74) is 4.23. The molecule has 3 aromatic carbocycles. The average Bonchev–Trinajstić information content (AvgIpc) is 2.91. The third kappa shape index (κ3) is 9.12. The second-order valence-corrected chi connectivity index (χ2v) is 12.1. The molecule has 0 aliphatic rings. The molecule has 6 heteroatoms. The zero-order chi connectivity index (χ0) is 28.6. The van der Waals surface area contributed by atoms with Gasteiger partial charge in [0, 0.05) is 25.4 Å². The van der Waals surface area contributed by atoms with E-state index in [-0.39, 0.29) is 36.2 Å². The van der Waals surface area contributed by atoms with Crippen LogP contribution in [0, 0.1) is 0 Å². The van der Waals surface area contributed by atoms with E-state index >= 15 is 0 Å². The highest BCUT2D eigenvalue weighted by Gasteiger charge is 2.31. The molecule has 0 aromatic heterocycles. The van der Waals surface area contributed by atoms with Crippen molar-refractivity contribution in [1.29, 1.82) is 0 Å². The summed E-state index contributed by atoms with van der Waals surface area (Å²) in [4.78, 5) is 29.2. The molecule has 1 N–H and O–H groups in total. The van der Waals surface area contributed by atoms with Crippen LogP contribution >= 0.6 is 23.2 Å². The topological polar surface area (TPSA) is 49.4 Å². The van der Waals surface area contributed by atoms with E-state index in [2.05, 4.69) is 50.4 Å². The minimum absolute atomic E-state index is 0.000896. The number of benzene rings is 3. The van der Waals surface area contributed by atoms with Crippen molar-refractivity contribution in [2.75, 3.05) is 0 Å². The van der Waals surface area contributed by atoms with Crippen molar-refractivity contribution in [2.45, 2.75) is 84.3 Å². The number of nitrogens with zero attached hydrogens (tertiary/aromatic N) is 1. The Bertz CT molecular complexity index is 1240. The van der Waals surface area contributed by atoms with Gasteiger partial charge in [-0.15, -0.1) is 0 Å². The van der Waals surface area contributed by atoms with Crippen molar-refractivity contribution in [3.05, 3.63) is 105 Å². The number of carbonyl (C=O) groups is 2. The van der Waals surface area contributed by atoms with Gasteiger partial charge in [-0.1, -0.05) is 112 Å². The third-order valence-electron chi connectivity index (χ3n) is 7.06. The van der Waals surface area contributed by atoms with Gasteiger partial charge in [-0.05, 0) is 59.6 Å². The highest BCUT2D eigenvalue weighted by Crippen LogP contribution is 2.25. The summed E-state index contributed by atoms with van der Waals surface area (Å²) in [6, 6.07) is 22.9. The Hall–Kier alpha value is -2.82. The van der Waals surface area contributed by atoms with Crippen LogP contribution in [0.15, 0.2) is 72.8 Å². The molecule has 0 saturated heterocycles. The van der Waals surface area contributed by atoms with Gasteiger partial charge in [0.1, 0.15) is 6.04 Å². The first-order chi connectivity index (χ1) is 18.5. The van der Waals surface area contributed by atoms with Gasteiger partial charge in [0.05, 0.1) is 10.0 Å². The van der Waals surface area contributed by atoms with Crippen LogP contribution < -0.4 is 5.32 Å². The maximum atomic E-state index is 13.9. The smallest absolute Gasteiger partial charge is 0.243 e. The summed E-state index contributed by atoms with van der Waals surface area (Å²) < 4.78 is 0. The molecule has 3 aromatic rings. The van der Waals surface area contributed by atoms with Crippen LogP contribution in [-0.4, -0.2) is 28.8 Å². The predicted molar refractivity (Wildman–Crippen MR) is 162 cm³/mol. The second-order valence-electron chi connectivity index (χ2n) is 11.2. The Morgan fingerprint density at radius 1 is 0.872 bits per heavy atom. The number of hydrogen-bond acceptors (Lipinski definition) is 2. The highest BCUT2D eigenvalue weighted by atomic mass is 35.5. The number of halogens is 2. The fourth-order valence-electron chi connectivity index (χ4n) is 4.40. The van der Waals surface area contributed by atoms with Crippen molar-refractivity contribution in [3.63, 3.8) is 0 Å². The molecule has 2 atom stereocenters. The van der Waals surface area contributed by atoms with Crippen molar-refractivity contribution in [3.8, 4) is 0 Å². The Balaban J connectivity index is 1.91. The first-order valence-corrected chi connectivity index (χ1v) is 14.4. The molecule has 0 aliphatic heterocycles. The molecular weight excluding hydrogens is 527 g/mol. The summed E-state index contributed by atoms with van der Waals surface area (Å²) in [5.74, 6) is -0.239. The van der Waals surface area contributed by atoms with Crippen LogP contribution in [0.5, 0.6) is 0 Å². The number of hydrogen-bond donors (Lipinski definition) is 1. The number of nitrogens with one attached hydrogen (secondary N) is 1. The van der Waals surface area contributed by atoms with Gasteiger partial charge in [-0.3, -0.25) is 9.59 Å². The lowest BCUT2D eigenvalue weighted by atomic mass is 9.86. The molecule has 4 nitrogen and oxygen atoms in total. The molecule has 208 valence electrons. The third-order valence-corrected chi connectivity index (χ3v) is 7.80. The molecule has 0 fully saturated rings. The molecule has 0 heterocycles. The molecule has 0 bridgehead atoms. The van der Waals surface area contributed by atoms with Crippen molar-refractivity contribution < 1.29 is 9.59 Å². The molecule has 2 amide bonds. The summed E-state index contributed by atoms with van der Waals surface area (Å²) in [7, 11) is 0. The van der Waals surface area contributed by atoms with Gasteiger partial charge in [-0.2, -0.15) is 0 Å². The zero-order valence-corrected chi connectivity index (χ0v) is 25.1. The number of aryl methyl sites for hydroxylation is 1. The molecule has 3 rings (SSSR count). The number of carbonyl (C=O) groups excluding carboxylic acids is 2. The van der Waals surface area contributed by atoms with Crippen LogP contribution in [0.2, 0.25) is 10.0 Å². The van der Waals surface area contributed by atoms with Crippen LogP contribution in [-0.2, 0) is 34.4 Å². The quantitative estimate of drug-likeness (QED) is 0.257. The van der Waals surface area contributed by atoms with Crippen LogP contribution in [0.1, 0.15) is 69.7 Å². The normalized spacial score (nSPS) is 13.0. The summed E-state index contributed by atoms with van der Waals surface area (Å²) in [5, 5.41) is 3.98. The number of amides is 2. The van der Waals surface area contributed by atoms with E-state index in [0.29, 0.717) is 22.9 Å². The lowest BCUT2D eigenvalue weighted by Crippen LogP contribution is -2.52. The Kier molecular flexibility index (Phi) is 11.0. The van der Waals surface area contributed by atoms with E-state index in [9.17, 15) is 9.59 Å². The lowest BCUT2D eigenvalue weighted by molar-refractivity contribution is -0.141. The minimum atomic E-state index is -0.674. The Labute approximate surface area is 243 Å². The van der Waals surface area contributed by atoms with Gasteiger partial charge < -0.3 is 10.2 Å². The lowest BCUT2D eigenvalue weighted by Gasteiger charge is -2.32. The summed E-state index contributed by atoms with van der Waals surface area (Å²) in [6.07, 6.45) is 2.09. The fraction of sp³-hybridized carbons (Fsp3) is 0.394.